The molecule has 0 spiro atoms. The molecule has 15 nitrogen and oxygen atoms in total. The lowest BCUT2D eigenvalue weighted by molar-refractivity contribution is -0.126. The molecule has 2 aromatic carbocycles. The van der Waals surface area contributed by atoms with Crippen molar-refractivity contribution in [1.29, 1.82) is 0 Å². The first-order valence-electron chi connectivity index (χ1n) is 17.8. The van der Waals surface area contributed by atoms with Gasteiger partial charge in [-0.3, -0.25) is 4.79 Å². The van der Waals surface area contributed by atoms with E-state index in [0.29, 0.717) is 61.8 Å². The Bertz CT molecular complexity index is 1880. The van der Waals surface area contributed by atoms with Gasteiger partial charge in [-0.1, -0.05) is 68.4 Å². The van der Waals surface area contributed by atoms with Crippen molar-refractivity contribution in [2.45, 2.75) is 64.8 Å². The molecule has 1 aliphatic heterocycles. The number of H-pyrrole nitrogens is 1. The summed E-state index contributed by atoms with van der Waals surface area (Å²) in [6.45, 7) is 6.87. The number of carboxylic acid groups (broad SMARTS) is 1. The zero-order chi connectivity index (χ0) is 38.1. The molecule has 0 saturated carbocycles. The highest BCUT2D eigenvalue weighted by atomic mass is 16.5. The van der Waals surface area contributed by atoms with E-state index in [1.54, 1.807) is 18.2 Å². The number of imide groups is 1. The summed E-state index contributed by atoms with van der Waals surface area (Å²) in [5, 5.41) is 15.2. The first-order valence-corrected chi connectivity index (χ1v) is 17.8. The fraction of sp³-hybridized carbons (Fsp3) is 0.421. The Morgan fingerprint density at radius 1 is 1.06 bits per heavy atom. The van der Waals surface area contributed by atoms with E-state index < -0.39 is 42.3 Å². The SMILES string of the molecule is CCCN(C(=O)O)C(=O)N1CCCC1c1nc(-c2ccccc2-c2ccccc2)c(-c2cn(CC(C)CNC(=O)[C@@H](NC(=O)OC)[C@@H](C)OC)cn2)[nH]1. The zero-order valence-corrected chi connectivity index (χ0v) is 30.7. The highest BCUT2D eigenvalue weighted by molar-refractivity contribution is 5.91. The minimum absolute atomic E-state index is 0.0217. The van der Waals surface area contributed by atoms with Crippen LogP contribution in [0.5, 0.6) is 0 Å². The third-order valence-corrected chi connectivity index (χ3v) is 9.33. The molecule has 5 rings (SSSR count). The number of likely N-dealkylation sites (tertiary alicyclic amines) is 1. The minimum Gasteiger partial charge on any atom is -0.465 e. The van der Waals surface area contributed by atoms with E-state index in [0.717, 1.165) is 21.6 Å². The zero-order valence-electron chi connectivity index (χ0n) is 30.7. The van der Waals surface area contributed by atoms with Gasteiger partial charge in [-0.25, -0.2) is 29.3 Å². The number of rotatable bonds is 14. The van der Waals surface area contributed by atoms with E-state index in [1.807, 2.05) is 79.2 Å². The first-order chi connectivity index (χ1) is 25.6. The molecular weight excluding hydrogens is 680 g/mol. The number of alkyl carbamates (subject to hydrolysis) is 1. The first kappa shape index (κ1) is 38.5. The number of imidazole rings is 2. The molecule has 0 aliphatic carbocycles. The normalized spacial score (nSPS) is 15.7. The van der Waals surface area contributed by atoms with Crippen molar-refractivity contribution in [2.24, 2.45) is 5.92 Å². The second kappa shape index (κ2) is 17.7. The quantitative estimate of drug-likeness (QED) is 0.125. The Balaban J connectivity index is 1.44. The number of carbonyl (C=O) groups excluding carboxylic acids is 3. The maximum absolute atomic E-state index is 13.5. The Kier molecular flexibility index (Phi) is 12.9. The van der Waals surface area contributed by atoms with Gasteiger partial charge in [-0.15, -0.1) is 0 Å². The third kappa shape index (κ3) is 9.03. The van der Waals surface area contributed by atoms with Gasteiger partial charge in [-0.05, 0) is 43.2 Å². The van der Waals surface area contributed by atoms with E-state index in [9.17, 15) is 24.3 Å². The molecule has 5 amide bonds. The standard InChI is InChI=1S/C38H48N8O7/c1-6-18-46(38(50)51)37(49)45-19-12-17-30(45)34-41-32(28-16-11-10-15-27(28)26-13-8-7-9-14-26)33(42-34)29-22-44(23-40-29)21-24(2)20-39-35(47)31(25(3)52-4)43-36(48)53-5/h7-11,13-16,22-25,30-31H,6,12,17-21H2,1-5H3,(H,39,47)(H,41,42)(H,43,48)(H,50,51)/t24?,25-,30?,31+/m1/s1. The molecular formula is C38H48N8O7. The van der Waals surface area contributed by atoms with Crippen molar-refractivity contribution in [3.05, 3.63) is 72.9 Å². The highest BCUT2D eigenvalue weighted by Crippen LogP contribution is 2.40. The van der Waals surface area contributed by atoms with Crippen LogP contribution in [-0.4, -0.2) is 105 Å². The predicted molar refractivity (Wildman–Crippen MR) is 198 cm³/mol. The van der Waals surface area contributed by atoms with Gasteiger partial charge in [0, 0.05) is 45.0 Å². The van der Waals surface area contributed by atoms with E-state index in [-0.39, 0.29) is 12.5 Å². The molecule has 3 heterocycles. The number of nitrogens with one attached hydrogen (secondary N) is 3. The summed E-state index contributed by atoms with van der Waals surface area (Å²) in [6.07, 6.45) is 2.87. The van der Waals surface area contributed by atoms with Gasteiger partial charge in [0.2, 0.25) is 5.91 Å². The number of hydrogen-bond donors (Lipinski definition) is 4. The number of aromatic amines is 1. The summed E-state index contributed by atoms with van der Waals surface area (Å²) in [5.41, 5.74) is 4.80. The number of aromatic nitrogens is 4. The van der Waals surface area contributed by atoms with E-state index in [2.05, 4.69) is 20.4 Å². The van der Waals surface area contributed by atoms with E-state index >= 15 is 0 Å². The van der Waals surface area contributed by atoms with Crippen LogP contribution in [0.4, 0.5) is 14.4 Å². The summed E-state index contributed by atoms with van der Waals surface area (Å²) in [6, 6.07) is 16.0. The maximum atomic E-state index is 13.5. The van der Waals surface area contributed by atoms with Crippen LogP contribution in [0.15, 0.2) is 67.1 Å². The summed E-state index contributed by atoms with van der Waals surface area (Å²) in [7, 11) is 2.69. The molecule has 1 saturated heterocycles. The van der Waals surface area contributed by atoms with Crippen LogP contribution >= 0.6 is 0 Å². The average molecular weight is 729 g/mol. The van der Waals surface area contributed by atoms with Crippen molar-refractivity contribution in [2.75, 3.05) is 33.9 Å². The molecule has 15 heteroatoms. The molecule has 1 fully saturated rings. The van der Waals surface area contributed by atoms with Gasteiger partial charge in [0.15, 0.2) is 0 Å². The summed E-state index contributed by atoms with van der Waals surface area (Å²) in [5.74, 6) is 0.137. The fourth-order valence-corrected chi connectivity index (χ4v) is 6.54. The lowest BCUT2D eigenvalue weighted by Gasteiger charge is -2.28. The molecule has 2 aromatic heterocycles. The van der Waals surface area contributed by atoms with Crippen molar-refractivity contribution in [1.82, 2.24) is 40.0 Å². The Morgan fingerprint density at radius 3 is 2.45 bits per heavy atom. The molecule has 2 unspecified atom stereocenters. The number of urea groups is 1. The topological polar surface area (TPSA) is 184 Å². The number of ether oxygens (including phenoxy) is 2. The monoisotopic (exact) mass is 728 g/mol. The number of hydrogen-bond acceptors (Lipinski definition) is 8. The number of methoxy groups -OCH3 is 2. The van der Waals surface area contributed by atoms with Gasteiger partial charge >= 0.3 is 18.2 Å². The van der Waals surface area contributed by atoms with Crippen molar-refractivity contribution in [3.63, 3.8) is 0 Å². The molecule has 4 atom stereocenters. The van der Waals surface area contributed by atoms with Crippen molar-refractivity contribution >= 4 is 24.1 Å². The van der Waals surface area contributed by atoms with Crippen molar-refractivity contribution in [3.8, 4) is 33.8 Å². The summed E-state index contributed by atoms with van der Waals surface area (Å²) >= 11 is 0. The molecule has 4 aromatic rings. The van der Waals surface area contributed by atoms with Crippen LogP contribution in [0.1, 0.15) is 51.9 Å². The third-order valence-electron chi connectivity index (χ3n) is 9.33. The van der Waals surface area contributed by atoms with Crippen molar-refractivity contribution < 1.29 is 33.8 Å². The fourth-order valence-electron chi connectivity index (χ4n) is 6.54. The molecule has 4 N–H and O–H groups in total. The Labute approximate surface area is 308 Å². The Hall–Kier alpha value is -5.70. The predicted octanol–water partition coefficient (Wildman–Crippen LogP) is 5.77. The van der Waals surface area contributed by atoms with Crippen LogP contribution in [-0.2, 0) is 20.8 Å². The van der Waals surface area contributed by atoms with Crippen LogP contribution in [0.25, 0.3) is 33.8 Å². The second-order valence-corrected chi connectivity index (χ2v) is 13.2. The Morgan fingerprint density at radius 2 is 1.77 bits per heavy atom. The molecule has 53 heavy (non-hydrogen) atoms. The molecule has 0 bridgehead atoms. The van der Waals surface area contributed by atoms with Gasteiger partial charge in [0.05, 0.1) is 37.0 Å². The van der Waals surface area contributed by atoms with Gasteiger partial charge in [0.25, 0.3) is 0 Å². The lowest BCUT2D eigenvalue weighted by atomic mass is 9.96. The second-order valence-electron chi connectivity index (χ2n) is 13.2. The van der Waals surface area contributed by atoms with Crippen LogP contribution in [0.2, 0.25) is 0 Å². The number of benzene rings is 2. The molecule has 1 aliphatic rings. The molecule has 282 valence electrons. The van der Waals surface area contributed by atoms with E-state index in [1.165, 1.54) is 14.2 Å². The summed E-state index contributed by atoms with van der Waals surface area (Å²) in [4.78, 5) is 66.2. The number of nitrogens with zero attached hydrogens (tertiary/aromatic N) is 5. The summed E-state index contributed by atoms with van der Waals surface area (Å²) < 4.78 is 11.9. The average Bonchev–Trinajstić information content (AvgIpc) is 3.95. The number of amides is 5. The highest BCUT2D eigenvalue weighted by Gasteiger charge is 2.37. The molecule has 0 radical (unpaired) electrons. The van der Waals surface area contributed by atoms with Crippen LogP contribution < -0.4 is 10.6 Å². The van der Waals surface area contributed by atoms with Gasteiger partial charge in [-0.2, -0.15) is 0 Å². The largest absolute Gasteiger partial charge is 0.465 e. The van der Waals surface area contributed by atoms with E-state index in [4.69, 9.17) is 14.7 Å². The van der Waals surface area contributed by atoms with Crippen LogP contribution in [0.3, 0.4) is 0 Å². The smallest absolute Gasteiger partial charge is 0.415 e. The van der Waals surface area contributed by atoms with Gasteiger partial charge < -0.3 is 39.7 Å². The van der Waals surface area contributed by atoms with Gasteiger partial charge in [0.1, 0.15) is 17.6 Å². The number of carbonyl (C=O) groups is 4. The maximum Gasteiger partial charge on any atom is 0.415 e. The van der Waals surface area contributed by atoms with Crippen LogP contribution in [0, 0.1) is 5.92 Å². The lowest BCUT2D eigenvalue weighted by Crippen LogP contribution is -2.53. The minimum atomic E-state index is -1.28.